The second kappa shape index (κ2) is 9.48. The summed E-state index contributed by atoms with van der Waals surface area (Å²) in [5.74, 6) is -0.207. The van der Waals surface area contributed by atoms with E-state index in [1.54, 1.807) is 47.2 Å². The predicted molar refractivity (Wildman–Crippen MR) is 131 cm³/mol. The van der Waals surface area contributed by atoms with Crippen molar-refractivity contribution in [3.63, 3.8) is 0 Å². The summed E-state index contributed by atoms with van der Waals surface area (Å²) in [6.45, 7) is 1.96. The number of halogens is 1. The van der Waals surface area contributed by atoms with Gasteiger partial charge in [0.25, 0.3) is 10.0 Å². The van der Waals surface area contributed by atoms with E-state index in [4.69, 9.17) is 11.6 Å². The molecule has 0 saturated carbocycles. The molecule has 0 aliphatic rings. The molecule has 0 bridgehead atoms. The van der Waals surface area contributed by atoms with Crippen LogP contribution in [0, 0.1) is 6.92 Å². The Kier molecular flexibility index (Phi) is 6.48. The molecule has 2 N–H and O–H groups in total. The Balaban J connectivity index is 1.52. The maximum atomic E-state index is 12.6. The number of para-hydroxylation sites is 1. The number of benzene rings is 3. The van der Waals surface area contributed by atoms with Crippen LogP contribution >= 0.6 is 11.6 Å². The molecule has 0 unspecified atom stereocenters. The second-order valence-electron chi connectivity index (χ2n) is 7.45. The summed E-state index contributed by atoms with van der Waals surface area (Å²) in [4.78, 5) is 14.9. The summed E-state index contributed by atoms with van der Waals surface area (Å²) < 4.78 is 26.7. The van der Waals surface area contributed by atoms with Crippen molar-refractivity contribution in [1.29, 1.82) is 0 Å². The molecule has 1 aromatic heterocycles. The number of anilines is 1. The minimum Gasteiger partial charge on any atom is -0.337 e. The first-order valence-corrected chi connectivity index (χ1v) is 11.9. The van der Waals surface area contributed by atoms with E-state index in [2.05, 4.69) is 15.2 Å². The number of nitrogens with one attached hydrogen (secondary N) is 2. The molecule has 0 aliphatic carbocycles. The number of hydrogen-bond donors (Lipinski definition) is 2. The number of fused-ring (bicyclic) bond motifs is 1. The van der Waals surface area contributed by atoms with Crippen molar-refractivity contribution in [2.24, 2.45) is 5.10 Å². The Hall–Kier alpha value is -3.62. The zero-order chi connectivity index (χ0) is 23.4. The average molecular weight is 481 g/mol. The van der Waals surface area contributed by atoms with Gasteiger partial charge >= 0.3 is 0 Å². The molecule has 0 aliphatic heterocycles. The van der Waals surface area contributed by atoms with Crippen molar-refractivity contribution in [2.45, 2.75) is 18.4 Å². The summed E-state index contributed by atoms with van der Waals surface area (Å²) in [6.07, 6.45) is 3.19. The van der Waals surface area contributed by atoms with Crippen molar-refractivity contribution in [1.82, 2.24) is 9.40 Å². The Morgan fingerprint density at radius 1 is 1.03 bits per heavy atom. The van der Waals surface area contributed by atoms with Gasteiger partial charge in [-0.3, -0.25) is 4.79 Å². The highest BCUT2D eigenvalue weighted by molar-refractivity contribution is 7.89. The number of aromatic nitrogens is 1. The van der Waals surface area contributed by atoms with Crippen LogP contribution in [0.2, 0.25) is 5.02 Å². The highest BCUT2D eigenvalue weighted by Crippen LogP contribution is 2.21. The lowest BCUT2D eigenvalue weighted by atomic mass is 10.2. The standard InChI is InChI=1S/C24H21ClN4O3S/c1-17-6-12-21(13-7-17)33(31,32)28-26-14-18-15-29(23-5-3-2-4-22(18)23)16-24(30)27-20-10-8-19(25)9-11-20/h2-15,28H,16H2,1H3,(H,27,30)/b26-14-. The Morgan fingerprint density at radius 2 is 1.73 bits per heavy atom. The second-order valence-corrected chi connectivity index (χ2v) is 9.55. The summed E-state index contributed by atoms with van der Waals surface area (Å²) in [6, 6.07) is 20.9. The number of carbonyl (C=O) groups excluding carboxylic acids is 1. The van der Waals surface area contributed by atoms with Gasteiger partial charge in [-0.25, -0.2) is 4.83 Å². The van der Waals surface area contributed by atoms with Crippen molar-refractivity contribution in [3.05, 3.63) is 95.1 Å². The normalized spacial score (nSPS) is 11.7. The largest absolute Gasteiger partial charge is 0.337 e. The molecule has 1 heterocycles. The number of aryl methyl sites for hydroxylation is 1. The molecule has 0 fully saturated rings. The number of sulfonamides is 1. The quantitative estimate of drug-likeness (QED) is 0.300. The van der Waals surface area contributed by atoms with Gasteiger partial charge in [0, 0.05) is 33.4 Å². The van der Waals surface area contributed by atoms with E-state index >= 15 is 0 Å². The van der Waals surface area contributed by atoms with Gasteiger partial charge in [0.15, 0.2) is 0 Å². The van der Waals surface area contributed by atoms with Crippen molar-refractivity contribution >= 4 is 50.3 Å². The van der Waals surface area contributed by atoms with Crippen molar-refractivity contribution < 1.29 is 13.2 Å². The minimum atomic E-state index is -3.78. The fourth-order valence-electron chi connectivity index (χ4n) is 3.33. The molecular formula is C24H21ClN4O3S. The minimum absolute atomic E-state index is 0.0755. The van der Waals surface area contributed by atoms with Gasteiger partial charge in [0.1, 0.15) is 6.54 Å². The fraction of sp³-hybridized carbons (Fsp3) is 0.0833. The maximum absolute atomic E-state index is 12.6. The molecule has 4 rings (SSSR count). The first kappa shape index (κ1) is 22.6. The lowest BCUT2D eigenvalue weighted by molar-refractivity contribution is -0.116. The Bertz CT molecular complexity index is 1430. The molecule has 0 saturated heterocycles. The smallest absolute Gasteiger partial charge is 0.276 e. The van der Waals surface area contributed by atoms with Gasteiger partial charge < -0.3 is 9.88 Å². The van der Waals surface area contributed by atoms with Crippen LogP contribution < -0.4 is 10.1 Å². The number of hydrazone groups is 1. The molecule has 0 radical (unpaired) electrons. The first-order chi connectivity index (χ1) is 15.8. The van der Waals surface area contributed by atoms with Crippen LogP contribution in [0.3, 0.4) is 0 Å². The highest BCUT2D eigenvalue weighted by atomic mass is 35.5. The zero-order valence-corrected chi connectivity index (χ0v) is 19.3. The number of rotatable bonds is 7. The molecule has 9 heteroatoms. The van der Waals surface area contributed by atoms with Crippen LogP contribution in [0.5, 0.6) is 0 Å². The molecule has 0 atom stereocenters. The van der Waals surface area contributed by atoms with Gasteiger partial charge in [-0.15, -0.1) is 0 Å². The lowest BCUT2D eigenvalue weighted by Gasteiger charge is -2.07. The van der Waals surface area contributed by atoms with E-state index in [1.807, 2.05) is 31.2 Å². The molecule has 168 valence electrons. The van der Waals surface area contributed by atoms with E-state index in [0.717, 1.165) is 16.5 Å². The number of nitrogens with zero attached hydrogens (tertiary/aromatic N) is 2. The summed E-state index contributed by atoms with van der Waals surface area (Å²) in [7, 11) is -3.78. The lowest BCUT2D eigenvalue weighted by Crippen LogP contribution is -2.18. The topological polar surface area (TPSA) is 92.6 Å². The van der Waals surface area contributed by atoms with Crippen molar-refractivity contribution in [2.75, 3.05) is 5.32 Å². The number of carbonyl (C=O) groups is 1. The SMILES string of the molecule is Cc1ccc(S(=O)(=O)N/N=C\c2cn(CC(=O)Nc3ccc(Cl)cc3)c3ccccc23)cc1. The third-order valence-electron chi connectivity index (χ3n) is 4.97. The van der Waals surface area contributed by atoms with E-state index in [9.17, 15) is 13.2 Å². The van der Waals surface area contributed by atoms with Crippen LogP contribution in [0.4, 0.5) is 5.69 Å². The summed E-state index contributed by atoms with van der Waals surface area (Å²) in [5.41, 5.74) is 3.11. The highest BCUT2D eigenvalue weighted by Gasteiger charge is 2.13. The predicted octanol–water partition coefficient (Wildman–Crippen LogP) is 4.55. The summed E-state index contributed by atoms with van der Waals surface area (Å²) >= 11 is 5.88. The van der Waals surface area contributed by atoms with E-state index in [1.165, 1.54) is 18.3 Å². The van der Waals surface area contributed by atoms with E-state index in [-0.39, 0.29) is 17.3 Å². The van der Waals surface area contributed by atoms with Gasteiger partial charge in [-0.05, 0) is 49.4 Å². The molecule has 3 aromatic carbocycles. The van der Waals surface area contributed by atoms with Crippen LogP contribution in [-0.2, 0) is 21.4 Å². The monoisotopic (exact) mass is 480 g/mol. The third kappa shape index (κ3) is 5.42. The Morgan fingerprint density at radius 3 is 2.45 bits per heavy atom. The van der Waals surface area contributed by atoms with Crippen LogP contribution in [0.15, 0.2) is 89.0 Å². The maximum Gasteiger partial charge on any atom is 0.276 e. The molecule has 7 nitrogen and oxygen atoms in total. The molecule has 0 spiro atoms. The van der Waals surface area contributed by atoms with Crippen LogP contribution in [0.1, 0.15) is 11.1 Å². The Labute approximate surface area is 196 Å². The van der Waals surface area contributed by atoms with Gasteiger partial charge in [-0.2, -0.15) is 13.5 Å². The zero-order valence-electron chi connectivity index (χ0n) is 17.7. The molecule has 4 aromatic rings. The van der Waals surface area contributed by atoms with E-state index in [0.29, 0.717) is 16.3 Å². The molecular weight excluding hydrogens is 460 g/mol. The van der Waals surface area contributed by atoms with Crippen LogP contribution in [-0.4, -0.2) is 25.1 Å². The van der Waals surface area contributed by atoms with E-state index < -0.39 is 10.0 Å². The number of hydrogen-bond acceptors (Lipinski definition) is 4. The first-order valence-electron chi connectivity index (χ1n) is 10.1. The van der Waals surface area contributed by atoms with Gasteiger partial charge in [0.05, 0.1) is 11.1 Å². The van der Waals surface area contributed by atoms with Gasteiger partial charge in [-0.1, -0.05) is 47.5 Å². The molecule has 1 amide bonds. The molecule has 33 heavy (non-hydrogen) atoms. The summed E-state index contributed by atoms with van der Waals surface area (Å²) in [5, 5.41) is 8.21. The number of amides is 1. The average Bonchev–Trinajstić information content (AvgIpc) is 3.13. The fourth-order valence-corrected chi connectivity index (χ4v) is 4.25. The third-order valence-corrected chi connectivity index (χ3v) is 6.46. The van der Waals surface area contributed by atoms with Gasteiger partial charge in [0.2, 0.25) is 5.91 Å². The van der Waals surface area contributed by atoms with Crippen molar-refractivity contribution in [3.8, 4) is 0 Å². The van der Waals surface area contributed by atoms with Crippen LogP contribution in [0.25, 0.3) is 10.9 Å².